The topological polar surface area (TPSA) is 35.2 Å². The molecule has 1 aromatic rings. The molecule has 112 valence electrons. The highest BCUT2D eigenvalue weighted by molar-refractivity contribution is 5.48. The summed E-state index contributed by atoms with van der Waals surface area (Å²) in [4.78, 5) is 0. The molecule has 1 aliphatic carbocycles. The van der Waals surface area contributed by atoms with E-state index in [9.17, 15) is 8.78 Å². The van der Waals surface area contributed by atoms with Crippen LogP contribution >= 0.6 is 0 Å². The predicted molar refractivity (Wildman–Crippen MR) is 76.4 cm³/mol. The molecular formula is C16H23F2NO. The maximum absolute atomic E-state index is 14.0. The van der Waals surface area contributed by atoms with Crippen molar-refractivity contribution in [3.63, 3.8) is 0 Å². The largest absolute Gasteiger partial charge is 0.496 e. The Hall–Kier alpha value is -1.16. The molecule has 0 amide bonds. The van der Waals surface area contributed by atoms with E-state index in [4.69, 9.17) is 10.5 Å². The molecule has 4 heteroatoms. The smallest absolute Gasteiger partial charge is 0.270 e. The first-order chi connectivity index (χ1) is 9.44. The highest BCUT2D eigenvalue weighted by atomic mass is 19.3. The second-order valence-corrected chi connectivity index (χ2v) is 5.82. The first kappa shape index (κ1) is 15.2. The summed E-state index contributed by atoms with van der Waals surface area (Å²) in [6.45, 7) is 1.33. The number of benzene rings is 1. The van der Waals surface area contributed by atoms with Gasteiger partial charge in [-0.25, -0.2) is 8.78 Å². The van der Waals surface area contributed by atoms with Gasteiger partial charge in [-0.1, -0.05) is 31.4 Å². The van der Waals surface area contributed by atoms with Gasteiger partial charge in [0.05, 0.1) is 7.11 Å². The Labute approximate surface area is 119 Å². The van der Waals surface area contributed by atoms with Crippen molar-refractivity contribution in [1.29, 1.82) is 0 Å². The van der Waals surface area contributed by atoms with Gasteiger partial charge >= 0.3 is 0 Å². The van der Waals surface area contributed by atoms with Crippen molar-refractivity contribution in [1.82, 2.24) is 0 Å². The minimum atomic E-state index is -2.89. The van der Waals surface area contributed by atoms with Crippen LogP contribution in [0.5, 0.6) is 5.75 Å². The lowest BCUT2D eigenvalue weighted by Gasteiger charge is -2.39. The maximum atomic E-state index is 14.0. The van der Waals surface area contributed by atoms with Gasteiger partial charge in [0.2, 0.25) is 0 Å². The summed E-state index contributed by atoms with van der Waals surface area (Å²) in [5, 5.41) is 0. The van der Waals surface area contributed by atoms with Crippen molar-refractivity contribution in [3.8, 4) is 5.75 Å². The number of nitrogens with two attached hydrogens (primary N) is 1. The molecule has 20 heavy (non-hydrogen) atoms. The van der Waals surface area contributed by atoms with E-state index in [2.05, 4.69) is 0 Å². The summed E-state index contributed by atoms with van der Waals surface area (Å²) < 4.78 is 33.4. The summed E-state index contributed by atoms with van der Waals surface area (Å²) in [7, 11) is 1.53. The Morgan fingerprint density at radius 2 is 1.90 bits per heavy atom. The third kappa shape index (κ3) is 2.66. The van der Waals surface area contributed by atoms with Gasteiger partial charge in [-0.2, -0.15) is 0 Å². The van der Waals surface area contributed by atoms with Crippen molar-refractivity contribution in [3.05, 3.63) is 29.3 Å². The molecule has 2 N–H and O–H groups in total. The maximum Gasteiger partial charge on any atom is 0.270 e. The highest BCUT2D eigenvalue weighted by Gasteiger charge is 2.41. The van der Waals surface area contributed by atoms with E-state index < -0.39 is 5.92 Å². The van der Waals surface area contributed by atoms with Gasteiger partial charge in [0, 0.05) is 30.0 Å². The van der Waals surface area contributed by atoms with Crippen molar-refractivity contribution in [2.45, 2.75) is 50.4 Å². The summed E-state index contributed by atoms with van der Waals surface area (Å²) in [5.74, 6) is -2.35. The molecule has 1 saturated carbocycles. The monoisotopic (exact) mass is 283 g/mol. The summed E-state index contributed by atoms with van der Waals surface area (Å²) in [6, 6.07) is 4.89. The first-order valence-corrected chi connectivity index (χ1v) is 7.20. The lowest BCUT2D eigenvalue weighted by Crippen LogP contribution is -2.39. The van der Waals surface area contributed by atoms with Crippen LogP contribution in [0.2, 0.25) is 0 Å². The van der Waals surface area contributed by atoms with E-state index in [-0.39, 0.29) is 11.0 Å². The van der Waals surface area contributed by atoms with Gasteiger partial charge in [0.15, 0.2) is 0 Å². The first-order valence-electron chi connectivity index (χ1n) is 7.20. The molecule has 0 radical (unpaired) electrons. The number of methoxy groups -OCH3 is 1. The molecular weight excluding hydrogens is 260 g/mol. The van der Waals surface area contributed by atoms with E-state index in [0.717, 1.165) is 39.0 Å². The van der Waals surface area contributed by atoms with Gasteiger partial charge in [0.1, 0.15) is 5.75 Å². The molecule has 1 aromatic carbocycles. The molecule has 1 aliphatic rings. The van der Waals surface area contributed by atoms with Crippen LogP contribution in [0.3, 0.4) is 0 Å². The van der Waals surface area contributed by atoms with E-state index in [0.29, 0.717) is 17.9 Å². The SMILES string of the molecule is COc1cccc(C(C)(F)F)c1C1(CN)CCCCC1. The zero-order valence-corrected chi connectivity index (χ0v) is 12.2. The molecule has 0 aliphatic heterocycles. The minimum Gasteiger partial charge on any atom is -0.496 e. The van der Waals surface area contributed by atoms with Gasteiger partial charge in [-0.15, -0.1) is 0 Å². The molecule has 0 bridgehead atoms. The average molecular weight is 283 g/mol. The van der Waals surface area contributed by atoms with Crippen LogP contribution in [-0.2, 0) is 11.3 Å². The Morgan fingerprint density at radius 1 is 1.25 bits per heavy atom. The minimum absolute atomic E-state index is 0.0594. The molecule has 0 heterocycles. The fraction of sp³-hybridized carbons (Fsp3) is 0.625. The van der Waals surface area contributed by atoms with Gasteiger partial charge in [0.25, 0.3) is 5.92 Å². The summed E-state index contributed by atoms with van der Waals surface area (Å²) >= 11 is 0. The number of hydrogen-bond donors (Lipinski definition) is 1. The van der Waals surface area contributed by atoms with Gasteiger partial charge in [-0.05, 0) is 18.9 Å². The second-order valence-electron chi connectivity index (χ2n) is 5.82. The number of ether oxygens (including phenoxy) is 1. The molecule has 0 saturated heterocycles. The zero-order chi connectivity index (χ0) is 14.8. The van der Waals surface area contributed by atoms with Crippen LogP contribution in [0.4, 0.5) is 8.78 Å². The Morgan fingerprint density at radius 3 is 2.40 bits per heavy atom. The normalized spacial score (nSPS) is 18.9. The van der Waals surface area contributed by atoms with Crippen LogP contribution in [0.15, 0.2) is 18.2 Å². The number of rotatable bonds is 4. The quantitative estimate of drug-likeness (QED) is 0.907. The molecule has 0 unspecified atom stereocenters. The lowest BCUT2D eigenvalue weighted by molar-refractivity contribution is 0.0145. The third-order valence-corrected chi connectivity index (χ3v) is 4.45. The van der Waals surface area contributed by atoms with E-state index in [1.807, 2.05) is 0 Å². The summed E-state index contributed by atoms with van der Waals surface area (Å²) in [6.07, 6.45) is 4.92. The number of halogens is 2. The van der Waals surface area contributed by atoms with Gasteiger partial charge in [-0.3, -0.25) is 0 Å². The molecule has 0 aromatic heterocycles. The van der Waals surface area contributed by atoms with Gasteiger partial charge < -0.3 is 10.5 Å². The van der Waals surface area contributed by atoms with E-state index in [1.165, 1.54) is 13.2 Å². The van der Waals surface area contributed by atoms with Crippen molar-refractivity contribution in [2.75, 3.05) is 13.7 Å². The number of alkyl halides is 2. The van der Waals surface area contributed by atoms with Crippen molar-refractivity contribution >= 4 is 0 Å². The Balaban J connectivity index is 2.63. The van der Waals surface area contributed by atoms with Crippen LogP contribution in [0, 0.1) is 0 Å². The average Bonchev–Trinajstić information content (AvgIpc) is 2.46. The lowest BCUT2D eigenvalue weighted by atomic mass is 9.67. The highest BCUT2D eigenvalue weighted by Crippen LogP contribution is 2.47. The number of hydrogen-bond acceptors (Lipinski definition) is 2. The second kappa shape index (κ2) is 5.68. The molecule has 1 fully saturated rings. The fourth-order valence-electron chi connectivity index (χ4n) is 3.40. The van der Waals surface area contributed by atoms with Crippen molar-refractivity contribution in [2.24, 2.45) is 5.73 Å². The predicted octanol–water partition coefficient (Wildman–Crippen LogP) is 3.97. The third-order valence-electron chi connectivity index (χ3n) is 4.45. The van der Waals surface area contributed by atoms with Crippen LogP contribution in [0.25, 0.3) is 0 Å². The Kier molecular flexibility index (Phi) is 4.33. The molecule has 2 rings (SSSR count). The van der Waals surface area contributed by atoms with E-state index >= 15 is 0 Å². The fourth-order valence-corrected chi connectivity index (χ4v) is 3.40. The molecule has 2 nitrogen and oxygen atoms in total. The van der Waals surface area contributed by atoms with E-state index in [1.54, 1.807) is 12.1 Å². The zero-order valence-electron chi connectivity index (χ0n) is 12.2. The molecule has 0 atom stereocenters. The molecule has 0 spiro atoms. The summed E-state index contributed by atoms with van der Waals surface area (Å²) in [5.41, 5.74) is 6.31. The standard InChI is InChI=1S/C16H23F2NO/c1-15(17,18)12-7-6-8-13(20-2)14(12)16(11-19)9-4-3-5-10-16/h6-8H,3-5,9-11,19H2,1-2H3. The van der Waals surface area contributed by atoms with Crippen LogP contribution < -0.4 is 10.5 Å². The van der Waals surface area contributed by atoms with Crippen molar-refractivity contribution < 1.29 is 13.5 Å². The Bertz CT molecular complexity index is 462. The van der Waals surface area contributed by atoms with Crippen LogP contribution in [0.1, 0.15) is 50.2 Å². The van der Waals surface area contributed by atoms with Crippen LogP contribution in [-0.4, -0.2) is 13.7 Å².